The second-order valence-corrected chi connectivity index (χ2v) is 8.45. The number of amides is 1. The lowest BCUT2D eigenvalue weighted by Crippen LogP contribution is -2.40. The molecular weight excluding hydrogens is 461 g/mol. The Bertz CT molecular complexity index is 1090. The molecule has 1 saturated heterocycles. The van der Waals surface area contributed by atoms with Gasteiger partial charge in [0, 0.05) is 25.2 Å². The van der Waals surface area contributed by atoms with Gasteiger partial charge >= 0.3 is 5.97 Å². The van der Waals surface area contributed by atoms with E-state index in [1.807, 2.05) is 0 Å². The van der Waals surface area contributed by atoms with E-state index in [0.717, 1.165) is 17.7 Å². The second kappa shape index (κ2) is 11.0. The fourth-order valence-corrected chi connectivity index (χ4v) is 4.54. The number of hydrogen-bond acceptors (Lipinski definition) is 7. The van der Waals surface area contributed by atoms with Crippen molar-refractivity contribution < 1.29 is 28.6 Å². The molecule has 1 aliphatic rings. The van der Waals surface area contributed by atoms with Gasteiger partial charge in [-0.05, 0) is 56.2 Å². The fourth-order valence-electron chi connectivity index (χ4n) is 4.54. The van der Waals surface area contributed by atoms with Gasteiger partial charge in [-0.3, -0.25) is 29.8 Å². The molecule has 0 bridgehead atoms. The highest BCUT2D eigenvalue weighted by atomic mass is 19.1. The molecule has 1 amide bonds. The van der Waals surface area contributed by atoms with E-state index in [2.05, 4.69) is 0 Å². The average Bonchev–Trinajstić information content (AvgIpc) is 2.83. The zero-order valence-corrected chi connectivity index (χ0v) is 19.4. The number of benzene rings is 2. The van der Waals surface area contributed by atoms with Gasteiger partial charge < -0.3 is 9.64 Å². The monoisotopic (exact) mass is 487 g/mol. The Morgan fingerprint density at radius 2 is 1.63 bits per heavy atom. The third kappa shape index (κ3) is 5.97. The molecule has 1 aliphatic heterocycles. The first-order valence-corrected chi connectivity index (χ1v) is 11.3. The van der Waals surface area contributed by atoms with E-state index in [1.165, 1.54) is 24.0 Å². The first-order chi connectivity index (χ1) is 16.6. The Hall–Kier alpha value is -3.89. The molecule has 0 unspecified atom stereocenters. The highest BCUT2D eigenvalue weighted by Crippen LogP contribution is 2.37. The lowest BCUT2D eigenvalue weighted by molar-refractivity contribution is -0.395. The Morgan fingerprint density at radius 3 is 2.11 bits per heavy atom. The molecule has 10 nitrogen and oxygen atoms in total. The smallest absolute Gasteiger partial charge is 0.306 e. The van der Waals surface area contributed by atoms with Crippen molar-refractivity contribution in [1.29, 1.82) is 0 Å². The second-order valence-electron chi connectivity index (χ2n) is 8.45. The number of carbonyl (C=O) groups is 2. The normalized spacial score (nSPS) is 14.9. The van der Waals surface area contributed by atoms with E-state index in [-0.39, 0.29) is 47.8 Å². The molecule has 3 rings (SSSR count). The SMILES string of the molecule is CCOC(=O)C[C@H](c1ccc(F)cc1)C1CCN(C(=O)c2cc([N+](=O)[O-])c(C)c([N+](=O)[O-])c2)CC1. The molecule has 186 valence electrons. The summed E-state index contributed by atoms with van der Waals surface area (Å²) >= 11 is 0. The lowest BCUT2D eigenvalue weighted by atomic mass is 9.78. The van der Waals surface area contributed by atoms with Crippen LogP contribution in [0.4, 0.5) is 15.8 Å². The first kappa shape index (κ1) is 25.7. The standard InChI is InChI=1S/C24H26FN3O7/c1-3-35-23(29)14-20(16-4-6-19(25)7-5-16)17-8-10-26(11-9-17)24(30)18-12-21(27(31)32)15(2)22(13-18)28(33)34/h4-7,12-13,17,20H,3,8-11,14H2,1-2H3/t20-/m1/s1. The highest BCUT2D eigenvalue weighted by molar-refractivity contribution is 5.96. The van der Waals surface area contributed by atoms with E-state index in [1.54, 1.807) is 19.1 Å². The molecule has 1 atom stereocenters. The maximum absolute atomic E-state index is 13.4. The minimum absolute atomic E-state index is 0.00982. The molecule has 0 spiro atoms. The summed E-state index contributed by atoms with van der Waals surface area (Å²) in [7, 11) is 0. The number of esters is 1. The molecule has 0 saturated carbocycles. The van der Waals surface area contributed by atoms with Gasteiger partial charge in [-0.2, -0.15) is 0 Å². The number of rotatable bonds is 8. The molecule has 1 fully saturated rings. The van der Waals surface area contributed by atoms with Gasteiger partial charge in [0.2, 0.25) is 0 Å². The van der Waals surface area contributed by atoms with Gasteiger partial charge in [0.1, 0.15) is 11.4 Å². The van der Waals surface area contributed by atoms with Crippen LogP contribution in [0.25, 0.3) is 0 Å². The van der Waals surface area contributed by atoms with Gasteiger partial charge in [-0.25, -0.2) is 4.39 Å². The summed E-state index contributed by atoms with van der Waals surface area (Å²) in [6, 6.07) is 8.09. The number of halogens is 1. The summed E-state index contributed by atoms with van der Waals surface area (Å²) in [6.45, 7) is 3.85. The van der Waals surface area contributed by atoms with Gasteiger partial charge in [0.25, 0.3) is 17.3 Å². The van der Waals surface area contributed by atoms with Crippen LogP contribution < -0.4 is 0 Å². The van der Waals surface area contributed by atoms with Crippen LogP contribution >= 0.6 is 0 Å². The van der Waals surface area contributed by atoms with E-state index in [9.17, 15) is 34.2 Å². The summed E-state index contributed by atoms with van der Waals surface area (Å²) < 4.78 is 18.5. The largest absolute Gasteiger partial charge is 0.466 e. The maximum Gasteiger partial charge on any atom is 0.306 e. The zero-order chi connectivity index (χ0) is 25.7. The number of nitro benzene ring substituents is 2. The Labute approximate surface area is 201 Å². The lowest BCUT2D eigenvalue weighted by Gasteiger charge is -2.36. The number of nitrogens with zero attached hydrogens (tertiary/aromatic N) is 3. The molecule has 1 heterocycles. The quantitative estimate of drug-likeness (QED) is 0.303. The predicted octanol–water partition coefficient (Wildman–Crippen LogP) is 4.54. The topological polar surface area (TPSA) is 133 Å². The highest BCUT2D eigenvalue weighted by Gasteiger charge is 2.33. The van der Waals surface area contributed by atoms with Crippen molar-refractivity contribution in [2.24, 2.45) is 5.92 Å². The van der Waals surface area contributed by atoms with E-state index in [4.69, 9.17) is 4.74 Å². The fraction of sp³-hybridized carbons (Fsp3) is 0.417. The minimum Gasteiger partial charge on any atom is -0.466 e. The molecule has 0 aromatic heterocycles. The van der Waals surface area contributed by atoms with Crippen molar-refractivity contribution in [3.63, 3.8) is 0 Å². The molecule has 35 heavy (non-hydrogen) atoms. The van der Waals surface area contributed by atoms with Crippen LogP contribution in [0.5, 0.6) is 0 Å². The number of hydrogen-bond donors (Lipinski definition) is 0. The van der Waals surface area contributed by atoms with E-state index < -0.39 is 27.1 Å². The van der Waals surface area contributed by atoms with Crippen LogP contribution in [0, 0.1) is 38.9 Å². The predicted molar refractivity (Wildman–Crippen MR) is 124 cm³/mol. The zero-order valence-electron chi connectivity index (χ0n) is 19.4. The molecule has 0 N–H and O–H groups in total. The number of likely N-dealkylation sites (tertiary alicyclic amines) is 1. The number of carbonyl (C=O) groups excluding carboxylic acids is 2. The molecule has 2 aromatic carbocycles. The third-order valence-corrected chi connectivity index (χ3v) is 6.38. The van der Waals surface area contributed by atoms with Gasteiger partial charge in [0.15, 0.2) is 0 Å². The van der Waals surface area contributed by atoms with Gasteiger partial charge in [0.05, 0.1) is 28.4 Å². The number of piperidine rings is 1. The van der Waals surface area contributed by atoms with E-state index >= 15 is 0 Å². The van der Waals surface area contributed by atoms with Crippen molar-refractivity contribution in [3.05, 3.63) is 79.1 Å². The molecule has 11 heteroatoms. The van der Waals surface area contributed by atoms with Gasteiger partial charge in [-0.15, -0.1) is 0 Å². The van der Waals surface area contributed by atoms with Crippen LogP contribution in [-0.2, 0) is 9.53 Å². The van der Waals surface area contributed by atoms with Crippen molar-refractivity contribution in [3.8, 4) is 0 Å². The first-order valence-electron chi connectivity index (χ1n) is 11.3. The molecular formula is C24H26FN3O7. The van der Waals surface area contributed by atoms with Crippen molar-refractivity contribution >= 4 is 23.3 Å². The third-order valence-electron chi connectivity index (χ3n) is 6.38. The molecule has 0 aliphatic carbocycles. The Morgan fingerprint density at radius 1 is 1.09 bits per heavy atom. The van der Waals surface area contributed by atoms with Crippen molar-refractivity contribution in [2.45, 2.75) is 39.0 Å². The molecule has 0 radical (unpaired) electrons. The summed E-state index contributed by atoms with van der Waals surface area (Å²) in [4.78, 5) is 48.0. The maximum atomic E-state index is 13.4. The summed E-state index contributed by atoms with van der Waals surface area (Å²) in [6.07, 6.45) is 1.18. The van der Waals surface area contributed by atoms with Crippen LogP contribution in [0.15, 0.2) is 36.4 Å². The number of ether oxygens (including phenoxy) is 1. The Kier molecular flexibility index (Phi) is 8.10. The van der Waals surface area contributed by atoms with Crippen LogP contribution in [0.3, 0.4) is 0 Å². The van der Waals surface area contributed by atoms with Crippen LogP contribution in [-0.4, -0.2) is 46.3 Å². The van der Waals surface area contributed by atoms with Crippen molar-refractivity contribution in [2.75, 3.05) is 19.7 Å². The van der Waals surface area contributed by atoms with Crippen molar-refractivity contribution in [1.82, 2.24) is 4.90 Å². The number of nitro groups is 2. The molecule has 2 aromatic rings. The van der Waals surface area contributed by atoms with Crippen LogP contribution in [0.1, 0.15) is 53.6 Å². The summed E-state index contributed by atoms with van der Waals surface area (Å²) in [5.41, 5.74) is -0.397. The summed E-state index contributed by atoms with van der Waals surface area (Å²) in [5, 5.41) is 22.7. The average molecular weight is 487 g/mol. The van der Waals surface area contributed by atoms with Gasteiger partial charge in [-0.1, -0.05) is 12.1 Å². The van der Waals surface area contributed by atoms with Crippen LogP contribution in [0.2, 0.25) is 0 Å². The summed E-state index contributed by atoms with van der Waals surface area (Å²) in [5.74, 6) is -1.49. The minimum atomic E-state index is -0.742. The Balaban J connectivity index is 1.79. The van der Waals surface area contributed by atoms with E-state index in [0.29, 0.717) is 25.9 Å².